The Morgan fingerprint density at radius 3 is 2.82 bits per heavy atom. The summed E-state index contributed by atoms with van der Waals surface area (Å²) in [6.45, 7) is 0. The molecule has 1 heterocycles. The van der Waals surface area contributed by atoms with Gasteiger partial charge in [-0.3, -0.25) is 4.79 Å². The van der Waals surface area contributed by atoms with Crippen LogP contribution in [-0.4, -0.2) is 18.4 Å². The minimum atomic E-state index is 0.671. The molecular formula is C14H11NO2. The van der Waals surface area contributed by atoms with Crippen molar-refractivity contribution in [2.45, 2.75) is 0 Å². The summed E-state index contributed by atoms with van der Waals surface area (Å²) < 4.78 is 5.36. The number of carbonyl (C=O) groups excluding carboxylic acids is 1. The molecule has 1 aromatic heterocycles. The van der Waals surface area contributed by atoms with Crippen molar-refractivity contribution in [3.05, 3.63) is 42.0 Å². The van der Waals surface area contributed by atoms with E-state index in [0.29, 0.717) is 5.56 Å². The van der Waals surface area contributed by atoms with E-state index in [1.54, 1.807) is 13.2 Å². The average molecular weight is 225 g/mol. The SMILES string of the molecule is COc1cccc2[nH]c3ccc(C=O)cc3c12. The van der Waals surface area contributed by atoms with E-state index >= 15 is 0 Å². The van der Waals surface area contributed by atoms with Gasteiger partial charge in [-0.25, -0.2) is 0 Å². The van der Waals surface area contributed by atoms with Gasteiger partial charge >= 0.3 is 0 Å². The number of nitrogens with one attached hydrogen (secondary N) is 1. The van der Waals surface area contributed by atoms with Crippen LogP contribution < -0.4 is 4.74 Å². The van der Waals surface area contributed by atoms with Gasteiger partial charge in [-0.05, 0) is 30.3 Å². The van der Waals surface area contributed by atoms with Crippen LogP contribution in [0.5, 0.6) is 5.75 Å². The molecule has 0 saturated carbocycles. The first-order valence-corrected chi connectivity index (χ1v) is 5.37. The van der Waals surface area contributed by atoms with Crippen LogP contribution in [0.3, 0.4) is 0 Å². The molecule has 3 rings (SSSR count). The van der Waals surface area contributed by atoms with Crippen molar-refractivity contribution in [2.75, 3.05) is 7.11 Å². The van der Waals surface area contributed by atoms with Gasteiger partial charge < -0.3 is 9.72 Å². The summed E-state index contributed by atoms with van der Waals surface area (Å²) in [5.74, 6) is 0.816. The summed E-state index contributed by atoms with van der Waals surface area (Å²) in [5, 5.41) is 2.04. The Kier molecular flexibility index (Phi) is 2.11. The fraction of sp³-hybridized carbons (Fsp3) is 0.0714. The first-order valence-electron chi connectivity index (χ1n) is 5.37. The molecule has 0 aliphatic heterocycles. The van der Waals surface area contributed by atoms with Crippen molar-refractivity contribution >= 4 is 28.1 Å². The molecule has 0 atom stereocenters. The molecule has 3 heteroatoms. The number of fused-ring (bicyclic) bond motifs is 3. The minimum absolute atomic E-state index is 0.671. The molecule has 3 aromatic rings. The maximum atomic E-state index is 10.8. The summed E-state index contributed by atoms with van der Waals surface area (Å²) in [6, 6.07) is 11.5. The third-order valence-electron chi connectivity index (χ3n) is 2.96. The van der Waals surface area contributed by atoms with Crippen LogP contribution in [0.25, 0.3) is 21.8 Å². The molecule has 0 amide bonds. The van der Waals surface area contributed by atoms with Gasteiger partial charge in [-0.1, -0.05) is 6.07 Å². The number of hydrogen-bond donors (Lipinski definition) is 1. The van der Waals surface area contributed by atoms with Gasteiger partial charge in [0.25, 0.3) is 0 Å². The molecule has 3 nitrogen and oxygen atoms in total. The lowest BCUT2D eigenvalue weighted by Crippen LogP contribution is -1.83. The Morgan fingerprint density at radius 2 is 2.06 bits per heavy atom. The Bertz CT molecular complexity index is 713. The smallest absolute Gasteiger partial charge is 0.150 e. The number of aromatic nitrogens is 1. The predicted octanol–water partition coefficient (Wildman–Crippen LogP) is 3.14. The number of hydrogen-bond acceptors (Lipinski definition) is 2. The van der Waals surface area contributed by atoms with Crippen molar-refractivity contribution in [3.8, 4) is 5.75 Å². The molecule has 0 saturated heterocycles. The number of methoxy groups -OCH3 is 1. The van der Waals surface area contributed by atoms with E-state index in [-0.39, 0.29) is 0 Å². The standard InChI is InChI=1S/C14H11NO2/c1-17-13-4-2-3-12-14(13)10-7-9(8-16)5-6-11(10)15-12/h2-8,15H,1H3. The van der Waals surface area contributed by atoms with Crippen molar-refractivity contribution in [1.82, 2.24) is 4.98 Å². The van der Waals surface area contributed by atoms with Crippen LogP contribution in [0, 0.1) is 0 Å². The zero-order valence-electron chi connectivity index (χ0n) is 9.36. The van der Waals surface area contributed by atoms with Gasteiger partial charge in [0.05, 0.1) is 12.6 Å². The van der Waals surface area contributed by atoms with Gasteiger partial charge in [0.15, 0.2) is 0 Å². The van der Waals surface area contributed by atoms with Crippen LogP contribution >= 0.6 is 0 Å². The van der Waals surface area contributed by atoms with Crippen molar-refractivity contribution in [2.24, 2.45) is 0 Å². The Labute approximate surface area is 98.0 Å². The first kappa shape index (κ1) is 9.90. The number of carbonyl (C=O) groups is 1. The van der Waals surface area contributed by atoms with Gasteiger partial charge in [-0.15, -0.1) is 0 Å². The van der Waals surface area contributed by atoms with Crippen molar-refractivity contribution < 1.29 is 9.53 Å². The van der Waals surface area contributed by atoms with Crippen molar-refractivity contribution in [3.63, 3.8) is 0 Å². The Morgan fingerprint density at radius 1 is 1.18 bits per heavy atom. The second-order valence-corrected chi connectivity index (χ2v) is 3.93. The predicted molar refractivity (Wildman–Crippen MR) is 67.7 cm³/mol. The summed E-state index contributed by atoms with van der Waals surface area (Å²) in [4.78, 5) is 14.1. The monoisotopic (exact) mass is 225 g/mol. The molecule has 0 unspecified atom stereocenters. The molecule has 17 heavy (non-hydrogen) atoms. The molecule has 84 valence electrons. The highest BCUT2D eigenvalue weighted by Crippen LogP contribution is 2.33. The number of ether oxygens (including phenoxy) is 1. The van der Waals surface area contributed by atoms with E-state index in [9.17, 15) is 4.79 Å². The number of aromatic amines is 1. The van der Waals surface area contributed by atoms with Crippen molar-refractivity contribution in [1.29, 1.82) is 0 Å². The van der Waals surface area contributed by atoms with E-state index in [1.165, 1.54) is 0 Å². The topological polar surface area (TPSA) is 42.1 Å². The minimum Gasteiger partial charge on any atom is -0.496 e. The van der Waals surface area contributed by atoms with Crippen LogP contribution in [-0.2, 0) is 0 Å². The van der Waals surface area contributed by atoms with E-state index in [4.69, 9.17) is 4.74 Å². The highest BCUT2D eigenvalue weighted by molar-refractivity contribution is 6.11. The molecule has 1 N–H and O–H groups in total. The second-order valence-electron chi connectivity index (χ2n) is 3.93. The summed E-state index contributed by atoms with van der Waals surface area (Å²) in [7, 11) is 1.65. The zero-order chi connectivity index (χ0) is 11.8. The first-order chi connectivity index (χ1) is 8.33. The lowest BCUT2D eigenvalue weighted by molar-refractivity contribution is 0.112. The summed E-state index contributed by atoms with van der Waals surface area (Å²) in [6.07, 6.45) is 0.855. The molecule has 0 bridgehead atoms. The maximum Gasteiger partial charge on any atom is 0.150 e. The third kappa shape index (κ3) is 1.40. The summed E-state index contributed by atoms with van der Waals surface area (Å²) >= 11 is 0. The molecule has 2 aromatic carbocycles. The largest absolute Gasteiger partial charge is 0.496 e. The molecule has 0 spiro atoms. The van der Waals surface area contributed by atoms with E-state index in [2.05, 4.69) is 4.98 Å². The van der Waals surface area contributed by atoms with Crippen LogP contribution in [0.4, 0.5) is 0 Å². The van der Waals surface area contributed by atoms with Gasteiger partial charge in [0.1, 0.15) is 12.0 Å². The van der Waals surface area contributed by atoms with E-state index in [0.717, 1.165) is 33.8 Å². The Hall–Kier alpha value is -2.29. The van der Waals surface area contributed by atoms with E-state index < -0.39 is 0 Å². The lowest BCUT2D eigenvalue weighted by atomic mass is 10.1. The fourth-order valence-corrected chi connectivity index (χ4v) is 2.18. The van der Waals surface area contributed by atoms with Gasteiger partial charge in [0.2, 0.25) is 0 Å². The lowest BCUT2D eigenvalue weighted by Gasteiger charge is -2.01. The normalized spacial score (nSPS) is 10.9. The number of rotatable bonds is 2. The quantitative estimate of drug-likeness (QED) is 0.681. The van der Waals surface area contributed by atoms with Gasteiger partial charge in [-0.2, -0.15) is 0 Å². The van der Waals surface area contributed by atoms with Crippen LogP contribution in [0.15, 0.2) is 36.4 Å². The average Bonchev–Trinajstić information content (AvgIpc) is 2.75. The zero-order valence-corrected chi connectivity index (χ0v) is 9.36. The summed E-state index contributed by atoms with van der Waals surface area (Å²) in [5.41, 5.74) is 2.70. The molecular weight excluding hydrogens is 214 g/mol. The van der Waals surface area contributed by atoms with E-state index in [1.807, 2.05) is 30.3 Å². The number of H-pyrrole nitrogens is 1. The third-order valence-corrected chi connectivity index (χ3v) is 2.96. The molecule has 0 aliphatic rings. The Balaban J connectivity index is 2.50. The highest BCUT2D eigenvalue weighted by Gasteiger charge is 2.09. The second kappa shape index (κ2) is 3.63. The molecule has 0 radical (unpaired) electrons. The van der Waals surface area contributed by atoms with Gasteiger partial charge in [0, 0.05) is 21.9 Å². The molecule has 0 aliphatic carbocycles. The number of aldehydes is 1. The number of benzene rings is 2. The molecule has 0 fully saturated rings. The van der Waals surface area contributed by atoms with Crippen LogP contribution in [0.2, 0.25) is 0 Å². The van der Waals surface area contributed by atoms with Crippen LogP contribution in [0.1, 0.15) is 10.4 Å². The highest BCUT2D eigenvalue weighted by atomic mass is 16.5. The maximum absolute atomic E-state index is 10.8. The fourth-order valence-electron chi connectivity index (χ4n) is 2.18.